The minimum absolute atomic E-state index is 0.104. The van der Waals surface area contributed by atoms with Crippen molar-refractivity contribution in [3.05, 3.63) is 30.1 Å². The summed E-state index contributed by atoms with van der Waals surface area (Å²) < 4.78 is 18.4. The van der Waals surface area contributed by atoms with Gasteiger partial charge in [0.2, 0.25) is 0 Å². The number of rotatable bonds is 2. The zero-order valence-electron chi connectivity index (χ0n) is 10.4. The lowest BCUT2D eigenvalue weighted by Crippen LogP contribution is -2.35. The predicted molar refractivity (Wildman–Crippen MR) is 65.2 cm³/mol. The quantitative estimate of drug-likeness (QED) is 0.758. The van der Waals surface area contributed by atoms with Crippen LogP contribution in [-0.4, -0.2) is 42.6 Å². The lowest BCUT2D eigenvalue weighted by atomic mass is 10.2. The summed E-state index contributed by atoms with van der Waals surface area (Å²) in [6.45, 7) is 0.400. The first-order valence-electron chi connectivity index (χ1n) is 6.04. The van der Waals surface area contributed by atoms with Gasteiger partial charge in [-0.2, -0.15) is 0 Å². The highest BCUT2D eigenvalue weighted by atomic mass is 19.1. The molecular weight excluding hydrogens is 251 g/mol. The third-order valence-corrected chi connectivity index (χ3v) is 3.60. The molecule has 2 aliphatic rings. The number of benzene rings is 1. The zero-order chi connectivity index (χ0) is 13.6. The number of halogens is 1. The van der Waals surface area contributed by atoms with E-state index in [0.717, 1.165) is 4.90 Å². The SMILES string of the molecule is COC1CC2C(=O)N(c3cccc(F)c3)C(=O)N2C1. The summed E-state index contributed by atoms with van der Waals surface area (Å²) in [7, 11) is 1.56. The van der Waals surface area contributed by atoms with Crippen LogP contribution < -0.4 is 4.90 Å². The van der Waals surface area contributed by atoms with Gasteiger partial charge in [0.15, 0.2) is 0 Å². The van der Waals surface area contributed by atoms with Gasteiger partial charge in [0.05, 0.1) is 11.8 Å². The molecule has 3 rings (SSSR count). The molecule has 6 heteroatoms. The first-order chi connectivity index (χ1) is 9.11. The molecule has 100 valence electrons. The summed E-state index contributed by atoms with van der Waals surface area (Å²) in [6, 6.07) is 4.60. The minimum Gasteiger partial charge on any atom is -0.380 e. The van der Waals surface area contributed by atoms with Crippen molar-refractivity contribution < 1.29 is 18.7 Å². The van der Waals surface area contributed by atoms with Gasteiger partial charge in [-0.05, 0) is 18.2 Å². The molecule has 2 heterocycles. The number of fused-ring (bicyclic) bond motifs is 1. The van der Waals surface area contributed by atoms with Crippen LogP contribution in [-0.2, 0) is 9.53 Å². The molecule has 1 aromatic carbocycles. The Bertz CT molecular complexity index is 524. The Labute approximate surface area is 109 Å². The van der Waals surface area contributed by atoms with Crippen LogP contribution in [0.4, 0.5) is 14.9 Å². The maximum atomic E-state index is 13.2. The van der Waals surface area contributed by atoms with E-state index in [4.69, 9.17) is 4.74 Å². The molecule has 0 aliphatic carbocycles. The highest BCUT2D eigenvalue weighted by Crippen LogP contribution is 2.32. The Morgan fingerprint density at radius 2 is 2.16 bits per heavy atom. The smallest absolute Gasteiger partial charge is 0.332 e. The van der Waals surface area contributed by atoms with Crippen LogP contribution in [0, 0.1) is 5.82 Å². The van der Waals surface area contributed by atoms with Crippen molar-refractivity contribution in [1.82, 2.24) is 4.90 Å². The number of carbonyl (C=O) groups is 2. The molecule has 0 bridgehead atoms. The van der Waals surface area contributed by atoms with Crippen LogP contribution in [0.1, 0.15) is 6.42 Å². The van der Waals surface area contributed by atoms with E-state index in [1.54, 1.807) is 13.2 Å². The zero-order valence-corrected chi connectivity index (χ0v) is 10.4. The molecule has 2 unspecified atom stereocenters. The number of urea groups is 1. The predicted octanol–water partition coefficient (Wildman–Crippen LogP) is 1.38. The number of carbonyl (C=O) groups excluding carboxylic acids is 2. The van der Waals surface area contributed by atoms with Crippen molar-refractivity contribution in [2.45, 2.75) is 18.6 Å². The number of ether oxygens (including phenoxy) is 1. The van der Waals surface area contributed by atoms with E-state index in [2.05, 4.69) is 0 Å². The minimum atomic E-state index is -0.485. The molecule has 0 N–H and O–H groups in total. The number of hydrogen-bond acceptors (Lipinski definition) is 3. The molecule has 2 fully saturated rings. The van der Waals surface area contributed by atoms with Crippen molar-refractivity contribution in [2.24, 2.45) is 0 Å². The fraction of sp³-hybridized carbons (Fsp3) is 0.385. The van der Waals surface area contributed by atoms with Gasteiger partial charge in [0.25, 0.3) is 5.91 Å². The largest absolute Gasteiger partial charge is 0.380 e. The Morgan fingerprint density at radius 3 is 2.79 bits per heavy atom. The summed E-state index contributed by atoms with van der Waals surface area (Å²) in [5, 5.41) is 0. The molecule has 0 saturated carbocycles. The maximum absolute atomic E-state index is 13.2. The van der Waals surface area contributed by atoms with E-state index in [1.807, 2.05) is 0 Å². The lowest BCUT2D eigenvalue weighted by molar-refractivity contribution is -0.119. The van der Waals surface area contributed by atoms with Gasteiger partial charge in [0, 0.05) is 20.1 Å². The molecular formula is C13H13FN2O3. The average Bonchev–Trinajstić information content (AvgIpc) is 2.91. The fourth-order valence-electron chi connectivity index (χ4n) is 2.64. The Balaban J connectivity index is 1.91. The summed E-state index contributed by atoms with van der Waals surface area (Å²) in [4.78, 5) is 27.0. The van der Waals surface area contributed by atoms with E-state index in [1.165, 1.54) is 23.1 Å². The average molecular weight is 264 g/mol. The first kappa shape index (κ1) is 12.1. The van der Waals surface area contributed by atoms with Gasteiger partial charge in [-0.3, -0.25) is 4.79 Å². The van der Waals surface area contributed by atoms with E-state index in [-0.39, 0.29) is 17.7 Å². The summed E-state index contributed by atoms with van der Waals surface area (Å²) in [5.41, 5.74) is 0.276. The van der Waals surface area contributed by atoms with Crippen molar-refractivity contribution in [3.8, 4) is 0 Å². The van der Waals surface area contributed by atoms with Gasteiger partial charge in [-0.1, -0.05) is 6.07 Å². The number of anilines is 1. The van der Waals surface area contributed by atoms with E-state index in [9.17, 15) is 14.0 Å². The van der Waals surface area contributed by atoms with Crippen LogP contribution in [0.5, 0.6) is 0 Å². The van der Waals surface area contributed by atoms with Crippen LogP contribution >= 0.6 is 0 Å². The third kappa shape index (κ3) is 1.79. The van der Waals surface area contributed by atoms with Gasteiger partial charge in [0.1, 0.15) is 11.9 Å². The Hall–Kier alpha value is -1.95. The van der Waals surface area contributed by atoms with Gasteiger partial charge in [-0.25, -0.2) is 14.1 Å². The molecule has 0 spiro atoms. The lowest BCUT2D eigenvalue weighted by Gasteiger charge is -2.17. The van der Waals surface area contributed by atoms with Crippen molar-refractivity contribution in [2.75, 3.05) is 18.6 Å². The standard InChI is InChI=1S/C13H13FN2O3/c1-19-10-6-11-12(17)16(13(18)15(11)7-10)9-4-2-3-8(14)5-9/h2-5,10-11H,6-7H2,1H3. The van der Waals surface area contributed by atoms with Crippen molar-refractivity contribution in [1.29, 1.82) is 0 Å². The molecule has 1 aromatic rings. The second-order valence-corrected chi connectivity index (χ2v) is 4.70. The maximum Gasteiger partial charge on any atom is 0.332 e. The molecule has 3 amide bonds. The van der Waals surface area contributed by atoms with E-state index < -0.39 is 17.9 Å². The van der Waals surface area contributed by atoms with Crippen LogP contribution in [0.25, 0.3) is 0 Å². The molecule has 5 nitrogen and oxygen atoms in total. The second-order valence-electron chi connectivity index (χ2n) is 4.70. The molecule has 2 atom stereocenters. The van der Waals surface area contributed by atoms with Gasteiger partial charge in [-0.15, -0.1) is 0 Å². The van der Waals surface area contributed by atoms with Crippen molar-refractivity contribution in [3.63, 3.8) is 0 Å². The molecule has 0 aromatic heterocycles. The van der Waals surface area contributed by atoms with Crippen LogP contribution in [0.3, 0.4) is 0 Å². The number of imide groups is 1. The second kappa shape index (κ2) is 4.31. The normalized spacial score (nSPS) is 26.2. The molecule has 2 saturated heterocycles. The van der Waals surface area contributed by atoms with Gasteiger partial charge >= 0.3 is 6.03 Å². The first-order valence-corrected chi connectivity index (χ1v) is 6.04. The van der Waals surface area contributed by atoms with Crippen LogP contribution in [0.2, 0.25) is 0 Å². The fourth-order valence-corrected chi connectivity index (χ4v) is 2.64. The monoisotopic (exact) mass is 264 g/mol. The molecule has 19 heavy (non-hydrogen) atoms. The van der Waals surface area contributed by atoms with Crippen LogP contribution in [0.15, 0.2) is 24.3 Å². The van der Waals surface area contributed by atoms with Gasteiger partial charge < -0.3 is 9.64 Å². The van der Waals surface area contributed by atoms with Crippen molar-refractivity contribution >= 4 is 17.6 Å². The topological polar surface area (TPSA) is 49.9 Å². The number of hydrogen-bond donors (Lipinski definition) is 0. The third-order valence-electron chi connectivity index (χ3n) is 3.60. The summed E-state index contributed by atoms with van der Waals surface area (Å²) >= 11 is 0. The highest BCUT2D eigenvalue weighted by molar-refractivity contribution is 6.21. The summed E-state index contributed by atoms with van der Waals surface area (Å²) in [5.74, 6) is -0.782. The number of methoxy groups -OCH3 is 1. The van der Waals surface area contributed by atoms with E-state index >= 15 is 0 Å². The Kier molecular flexibility index (Phi) is 2.74. The van der Waals surface area contributed by atoms with E-state index in [0.29, 0.717) is 13.0 Å². The number of amides is 3. The highest BCUT2D eigenvalue weighted by Gasteiger charge is 2.51. The Morgan fingerprint density at radius 1 is 1.37 bits per heavy atom. The molecule has 0 radical (unpaired) electrons. The number of nitrogens with zero attached hydrogens (tertiary/aromatic N) is 2. The molecule has 2 aliphatic heterocycles. The summed E-state index contributed by atoms with van der Waals surface area (Å²) in [6.07, 6.45) is 0.389.